The van der Waals surface area contributed by atoms with Gasteiger partial charge in [-0.1, -0.05) is 29.8 Å². The molecular weight excluding hydrogens is 370 g/mol. The molecule has 0 spiro atoms. The van der Waals surface area contributed by atoms with Crippen LogP contribution < -0.4 is 5.32 Å². The molecule has 0 saturated carbocycles. The number of nitrogens with zero attached hydrogens (tertiary/aromatic N) is 2. The minimum atomic E-state index is -0.322. The zero-order chi connectivity index (χ0) is 20.7. The Hall–Kier alpha value is -2.31. The van der Waals surface area contributed by atoms with Crippen LogP contribution in [0.4, 0.5) is 5.69 Å². The highest BCUT2D eigenvalue weighted by atomic mass is 32.2. The third-order valence-corrected chi connectivity index (χ3v) is 5.45. The molecule has 0 aliphatic carbocycles. The van der Waals surface area contributed by atoms with E-state index in [0.717, 1.165) is 16.8 Å². The van der Waals surface area contributed by atoms with Crippen LogP contribution in [0.3, 0.4) is 0 Å². The second kappa shape index (κ2) is 10.3. The summed E-state index contributed by atoms with van der Waals surface area (Å²) < 4.78 is 0. The summed E-state index contributed by atoms with van der Waals surface area (Å²) in [6.07, 6.45) is 2.05. The summed E-state index contributed by atoms with van der Waals surface area (Å²) in [6.45, 7) is 4.55. The van der Waals surface area contributed by atoms with E-state index in [1.54, 1.807) is 18.8 Å². The zero-order valence-corrected chi connectivity index (χ0v) is 18.0. The highest BCUT2D eigenvalue weighted by Crippen LogP contribution is 2.16. The monoisotopic (exact) mass is 399 g/mol. The largest absolute Gasteiger partial charge is 0.335 e. The Labute approximate surface area is 172 Å². The number of hydrogen-bond donors (Lipinski definition) is 1. The molecule has 28 heavy (non-hydrogen) atoms. The number of anilines is 1. The molecular formula is C22H29N3O2S. The Morgan fingerprint density at radius 2 is 1.64 bits per heavy atom. The molecule has 5 nitrogen and oxygen atoms in total. The molecule has 0 saturated heterocycles. The summed E-state index contributed by atoms with van der Waals surface area (Å²) in [5, 5.41) is 2.83. The van der Waals surface area contributed by atoms with Gasteiger partial charge in [0.25, 0.3) is 0 Å². The summed E-state index contributed by atoms with van der Waals surface area (Å²) in [5.74, 6) is -0.287. The first-order valence-corrected chi connectivity index (χ1v) is 10.5. The van der Waals surface area contributed by atoms with Crippen LogP contribution in [-0.4, -0.2) is 54.6 Å². The third kappa shape index (κ3) is 6.39. The van der Waals surface area contributed by atoms with Crippen molar-refractivity contribution in [3.8, 4) is 0 Å². The average Bonchev–Trinajstić information content (AvgIpc) is 2.69. The number of benzene rings is 2. The quantitative estimate of drug-likeness (QED) is 0.689. The van der Waals surface area contributed by atoms with Crippen molar-refractivity contribution >= 4 is 29.3 Å². The summed E-state index contributed by atoms with van der Waals surface area (Å²) in [7, 11) is 3.58. The lowest BCUT2D eigenvalue weighted by molar-refractivity contribution is -0.137. The summed E-state index contributed by atoms with van der Waals surface area (Å²) in [6, 6.07) is 15.6. The van der Waals surface area contributed by atoms with Crippen LogP contribution in [0.25, 0.3) is 0 Å². The number of nitrogens with one attached hydrogen (secondary N) is 1. The van der Waals surface area contributed by atoms with Gasteiger partial charge >= 0.3 is 0 Å². The molecule has 2 aromatic rings. The van der Waals surface area contributed by atoms with Gasteiger partial charge in [0.05, 0.1) is 12.6 Å². The second-order valence-corrected chi connectivity index (χ2v) is 7.93. The van der Waals surface area contributed by atoms with Crippen molar-refractivity contribution in [2.24, 2.45) is 0 Å². The van der Waals surface area contributed by atoms with Crippen molar-refractivity contribution in [1.82, 2.24) is 9.80 Å². The van der Waals surface area contributed by atoms with Gasteiger partial charge in [-0.05, 0) is 57.0 Å². The Morgan fingerprint density at radius 3 is 2.21 bits per heavy atom. The molecule has 0 radical (unpaired) electrons. The van der Waals surface area contributed by atoms with Crippen molar-refractivity contribution in [2.75, 3.05) is 32.2 Å². The molecule has 1 N–H and O–H groups in total. The topological polar surface area (TPSA) is 52.7 Å². The molecule has 0 aromatic heterocycles. The zero-order valence-electron chi connectivity index (χ0n) is 17.2. The number of aryl methyl sites for hydroxylation is 1. The molecule has 0 bridgehead atoms. The van der Waals surface area contributed by atoms with E-state index in [0.29, 0.717) is 6.54 Å². The molecule has 150 valence electrons. The van der Waals surface area contributed by atoms with Gasteiger partial charge in [0.1, 0.15) is 0 Å². The summed E-state index contributed by atoms with van der Waals surface area (Å²) in [5.41, 5.74) is 3.01. The average molecular weight is 400 g/mol. The molecule has 2 aromatic carbocycles. The van der Waals surface area contributed by atoms with E-state index in [9.17, 15) is 9.59 Å². The molecule has 0 unspecified atom stereocenters. The minimum absolute atomic E-state index is 0.0211. The molecule has 0 aliphatic rings. The molecule has 0 fully saturated rings. The van der Waals surface area contributed by atoms with Gasteiger partial charge < -0.3 is 10.2 Å². The minimum Gasteiger partial charge on any atom is -0.335 e. The van der Waals surface area contributed by atoms with Crippen molar-refractivity contribution in [3.63, 3.8) is 0 Å². The van der Waals surface area contributed by atoms with Crippen LogP contribution in [0.5, 0.6) is 0 Å². The van der Waals surface area contributed by atoms with Crippen molar-refractivity contribution in [3.05, 3.63) is 59.7 Å². The van der Waals surface area contributed by atoms with Gasteiger partial charge in [0.2, 0.25) is 11.8 Å². The van der Waals surface area contributed by atoms with Gasteiger partial charge in [0, 0.05) is 24.2 Å². The maximum absolute atomic E-state index is 12.7. The van der Waals surface area contributed by atoms with E-state index in [1.165, 1.54) is 9.80 Å². The SMILES string of the molecule is CSc1ccc(CN(C)[C@@H](C)C(=O)N(C)CC(=O)Nc2ccc(C)cc2)cc1. The third-order valence-electron chi connectivity index (χ3n) is 4.70. The fourth-order valence-electron chi connectivity index (χ4n) is 2.79. The molecule has 2 rings (SSSR count). The van der Waals surface area contributed by atoms with Gasteiger partial charge in [-0.3, -0.25) is 14.5 Å². The highest BCUT2D eigenvalue weighted by molar-refractivity contribution is 7.98. The van der Waals surface area contributed by atoms with Gasteiger partial charge in [-0.25, -0.2) is 0 Å². The maximum Gasteiger partial charge on any atom is 0.243 e. The first-order chi connectivity index (χ1) is 13.3. The number of rotatable bonds is 8. The van der Waals surface area contributed by atoms with Crippen LogP contribution in [0.15, 0.2) is 53.4 Å². The Kier molecular flexibility index (Phi) is 8.08. The fraction of sp³-hybridized carbons (Fsp3) is 0.364. The fourth-order valence-corrected chi connectivity index (χ4v) is 3.20. The predicted molar refractivity (Wildman–Crippen MR) is 117 cm³/mol. The van der Waals surface area contributed by atoms with Crippen molar-refractivity contribution in [1.29, 1.82) is 0 Å². The number of amides is 2. The van der Waals surface area contributed by atoms with Crippen molar-refractivity contribution in [2.45, 2.75) is 31.3 Å². The van der Waals surface area contributed by atoms with Crippen LogP contribution >= 0.6 is 11.8 Å². The molecule has 6 heteroatoms. The first kappa shape index (κ1) is 22.0. The number of carbonyl (C=O) groups excluding carboxylic acids is 2. The molecule has 2 amide bonds. The van der Waals surface area contributed by atoms with Crippen LogP contribution in [0.1, 0.15) is 18.1 Å². The highest BCUT2D eigenvalue weighted by Gasteiger charge is 2.23. The maximum atomic E-state index is 12.7. The summed E-state index contributed by atoms with van der Waals surface area (Å²) in [4.78, 5) is 29.6. The van der Waals surface area contributed by atoms with E-state index >= 15 is 0 Å². The molecule has 0 aliphatic heterocycles. The van der Waals surface area contributed by atoms with Gasteiger partial charge in [0.15, 0.2) is 0 Å². The van der Waals surface area contributed by atoms with Gasteiger partial charge in [-0.15, -0.1) is 11.8 Å². The summed E-state index contributed by atoms with van der Waals surface area (Å²) >= 11 is 1.71. The number of hydrogen-bond acceptors (Lipinski definition) is 4. The molecule has 1 atom stereocenters. The van der Waals surface area contributed by atoms with Crippen LogP contribution in [0.2, 0.25) is 0 Å². The Morgan fingerprint density at radius 1 is 1.04 bits per heavy atom. The van der Waals surface area contributed by atoms with Crippen LogP contribution in [-0.2, 0) is 16.1 Å². The standard InChI is InChI=1S/C22H29N3O2S/c1-16-6-10-19(11-7-16)23-21(26)15-25(4)22(27)17(2)24(3)14-18-8-12-20(28-5)13-9-18/h6-13,17H,14-15H2,1-5H3,(H,23,26)/t17-/m0/s1. The van der Waals surface area contributed by atoms with Crippen LogP contribution in [0, 0.1) is 6.92 Å². The van der Waals surface area contributed by atoms with Gasteiger partial charge in [-0.2, -0.15) is 0 Å². The van der Waals surface area contributed by atoms with E-state index in [-0.39, 0.29) is 24.4 Å². The lowest BCUT2D eigenvalue weighted by Crippen LogP contribution is -2.46. The molecule has 0 heterocycles. The normalized spacial score (nSPS) is 11.9. The van der Waals surface area contributed by atoms with Crippen molar-refractivity contribution < 1.29 is 9.59 Å². The number of thioether (sulfide) groups is 1. The predicted octanol–water partition coefficient (Wildman–Crippen LogP) is 3.63. The lowest BCUT2D eigenvalue weighted by atomic mass is 10.2. The Bertz CT molecular complexity index is 790. The smallest absolute Gasteiger partial charge is 0.243 e. The first-order valence-electron chi connectivity index (χ1n) is 9.25. The van der Waals surface area contributed by atoms with E-state index < -0.39 is 0 Å². The lowest BCUT2D eigenvalue weighted by Gasteiger charge is -2.28. The number of carbonyl (C=O) groups is 2. The number of likely N-dealkylation sites (N-methyl/N-ethyl adjacent to an activating group) is 2. The van der Waals surface area contributed by atoms with E-state index in [2.05, 4.69) is 29.6 Å². The van der Waals surface area contributed by atoms with E-state index in [1.807, 2.05) is 56.3 Å². The van der Waals surface area contributed by atoms with E-state index in [4.69, 9.17) is 0 Å². The Balaban J connectivity index is 1.87. The second-order valence-electron chi connectivity index (χ2n) is 7.05.